The van der Waals surface area contributed by atoms with Gasteiger partial charge in [0.25, 0.3) is 5.91 Å². The highest BCUT2D eigenvalue weighted by Gasteiger charge is 2.23. The lowest BCUT2D eigenvalue weighted by molar-refractivity contribution is 0.0924. The SMILES string of the molecule is CSCc1cccc(C(=O)N[C@H]2CCOc3ccccc32)c1. The fraction of sp³-hybridized carbons (Fsp3) is 0.278. The number of amides is 1. The van der Waals surface area contributed by atoms with Gasteiger partial charge in [-0.15, -0.1) is 0 Å². The highest BCUT2D eigenvalue weighted by Crippen LogP contribution is 2.31. The third-order valence-corrected chi connectivity index (χ3v) is 4.39. The molecule has 0 fully saturated rings. The van der Waals surface area contributed by atoms with Crippen LogP contribution in [0, 0.1) is 0 Å². The third kappa shape index (κ3) is 3.28. The molecule has 0 aliphatic carbocycles. The lowest BCUT2D eigenvalue weighted by atomic mass is 10.00. The monoisotopic (exact) mass is 313 g/mol. The second-order valence-corrected chi connectivity index (χ2v) is 6.20. The van der Waals surface area contributed by atoms with Crippen molar-refractivity contribution in [2.45, 2.75) is 18.2 Å². The van der Waals surface area contributed by atoms with E-state index in [1.807, 2.05) is 42.5 Å². The molecule has 22 heavy (non-hydrogen) atoms. The summed E-state index contributed by atoms with van der Waals surface area (Å²) in [5, 5.41) is 3.13. The number of carbonyl (C=O) groups is 1. The molecule has 2 aromatic carbocycles. The van der Waals surface area contributed by atoms with Crippen LogP contribution in [0.2, 0.25) is 0 Å². The molecule has 1 N–H and O–H groups in total. The Kier molecular flexibility index (Phi) is 4.68. The molecule has 0 unspecified atom stereocenters. The summed E-state index contributed by atoms with van der Waals surface area (Å²) in [7, 11) is 0. The molecule has 1 amide bonds. The van der Waals surface area contributed by atoms with Gasteiger partial charge in [0.2, 0.25) is 0 Å². The normalized spacial score (nSPS) is 16.5. The molecule has 0 radical (unpaired) electrons. The summed E-state index contributed by atoms with van der Waals surface area (Å²) in [5.41, 5.74) is 2.95. The zero-order chi connectivity index (χ0) is 15.4. The Bertz CT molecular complexity index is 672. The molecule has 3 rings (SSSR count). The number of nitrogens with one attached hydrogen (secondary N) is 1. The molecular formula is C18H19NO2S. The van der Waals surface area contributed by atoms with Gasteiger partial charge in [0.15, 0.2) is 0 Å². The lowest BCUT2D eigenvalue weighted by Gasteiger charge is -2.26. The van der Waals surface area contributed by atoms with E-state index in [1.54, 1.807) is 11.8 Å². The molecule has 0 bridgehead atoms. The highest BCUT2D eigenvalue weighted by atomic mass is 32.2. The van der Waals surface area contributed by atoms with Gasteiger partial charge < -0.3 is 10.1 Å². The Hall–Kier alpha value is -1.94. The Labute approximate surface area is 135 Å². The number of rotatable bonds is 4. The van der Waals surface area contributed by atoms with Crippen molar-refractivity contribution in [3.8, 4) is 5.75 Å². The maximum atomic E-state index is 12.5. The third-order valence-electron chi connectivity index (χ3n) is 3.76. The van der Waals surface area contributed by atoms with E-state index in [-0.39, 0.29) is 11.9 Å². The van der Waals surface area contributed by atoms with Crippen LogP contribution in [0.4, 0.5) is 0 Å². The Morgan fingerprint density at radius 2 is 2.14 bits per heavy atom. The number of para-hydroxylation sites is 1. The number of benzene rings is 2. The average Bonchev–Trinajstić information content (AvgIpc) is 2.56. The minimum atomic E-state index is -0.0235. The Balaban J connectivity index is 1.76. The van der Waals surface area contributed by atoms with Crippen LogP contribution in [0.25, 0.3) is 0 Å². The molecule has 0 spiro atoms. The van der Waals surface area contributed by atoms with Crippen molar-refractivity contribution >= 4 is 17.7 Å². The van der Waals surface area contributed by atoms with Crippen molar-refractivity contribution in [2.75, 3.05) is 12.9 Å². The van der Waals surface area contributed by atoms with E-state index in [0.29, 0.717) is 6.61 Å². The minimum Gasteiger partial charge on any atom is -0.493 e. The van der Waals surface area contributed by atoms with Gasteiger partial charge in [0, 0.05) is 23.3 Å². The molecular weight excluding hydrogens is 294 g/mol. The predicted molar refractivity (Wildman–Crippen MR) is 90.4 cm³/mol. The van der Waals surface area contributed by atoms with Gasteiger partial charge in [-0.1, -0.05) is 30.3 Å². The van der Waals surface area contributed by atoms with Gasteiger partial charge in [0.1, 0.15) is 5.75 Å². The van der Waals surface area contributed by atoms with Crippen LogP contribution in [0.15, 0.2) is 48.5 Å². The van der Waals surface area contributed by atoms with Crippen LogP contribution in [0.5, 0.6) is 5.75 Å². The maximum absolute atomic E-state index is 12.5. The van der Waals surface area contributed by atoms with Crippen LogP contribution in [0.1, 0.15) is 33.9 Å². The van der Waals surface area contributed by atoms with E-state index >= 15 is 0 Å². The maximum Gasteiger partial charge on any atom is 0.251 e. The summed E-state index contributed by atoms with van der Waals surface area (Å²) in [6.45, 7) is 0.633. The first-order valence-electron chi connectivity index (χ1n) is 7.38. The average molecular weight is 313 g/mol. The second kappa shape index (κ2) is 6.88. The molecule has 114 valence electrons. The predicted octanol–water partition coefficient (Wildman–Crippen LogP) is 3.80. The topological polar surface area (TPSA) is 38.3 Å². The van der Waals surface area contributed by atoms with E-state index in [4.69, 9.17) is 4.74 Å². The van der Waals surface area contributed by atoms with Gasteiger partial charge in [-0.05, 0) is 30.0 Å². The molecule has 1 atom stereocenters. The zero-order valence-electron chi connectivity index (χ0n) is 12.5. The molecule has 3 nitrogen and oxygen atoms in total. The molecule has 1 aliphatic heterocycles. The van der Waals surface area contributed by atoms with Crippen LogP contribution in [0.3, 0.4) is 0 Å². The number of hydrogen-bond donors (Lipinski definition) is 1. The summed E-state index contributed by atoms with van der Waals surface area (Å²) >= 11 is 1.75. The van der Waals surface area contributed by atoms with E-state index in [0.717, 1.165) is 29.1 Å². The Morgan fingerprint density at radius 1 is 1.27 bits per heavy atom. The number of ether oxygens (including phenoxy) is 1. The number of fused-ring (bicyclic) bond motifs is 1. The first-order chi connectivity index (χ1) is 10.8. The highest BCUT2D eigenvalue weighted by molar-refractivity contribution is 7.97. The smallest absolute Gasteiger partial charge is 0.251 e. The lowest BCUT2D eigenvalue weighted by Crippen LogP contribution is -2.32. The standard InChI is InChI=1S/C18H19NO2S/c1-22-12-13-5-4-6-14(11-13)18(20)19-16-9-10-21-17-8-3-2-7-15(16)17/h2-8,11,16H,9-10,12H2,1H3,(H,19,20)/t16-/m0/s1. The summed E-state index contributed by atoms with van der Waals surface area (Å²) in [6.07, 6.45) is 2.86. The van der Waals surface area contributed by atoms with Crippen molar-refractivity contribution in [1.29, 1.82) is 0 Å². The second-order valence-electron chi connectivity index (χ2n) is 5.33. The van der Waals surface area contributed by atoms with Crippen molar-refractivity contribution in [2.24, 2.45) is 0 Å². The Morgan fingerprint density at radius 3 is 3.00 bits per heavy atom. The zero-order valence-corrected chi connectivity index (χ0v) is 13.4. The van der Waals surface area contributed by atoms with Gasteiger partial charge in [-0.2, -0.15) is 11.8 Å². The van der Waals surface area contributed by atoms with Crippen LogP contribution in [-0.4, -0.2) is 18.8 Å². The van der Waals surface area contributed by atoms with E-state index in [2.05, 4.69) is 17.6 Å². The van der Waals surface area contributed by atoms with E-state index in [1.165, 1.54) is 5.56 Å². The molecule has 4 heteroatoms. The summed E-state index contributed by atoms with van der Waals surface area (Å²) < 4.78 is 5.64. The molecule has 1 aliphatic rings. The molecule has 0 aromatic heterocycles. The van der Waals surface area contributed by atoms with E-state index < -0.39 is 0 Å². The van der Waals surface area contributed by atoms with Crippen LogP contribution >= 0.6 is 11.8 Å². The summed E-state index contributed by atoms with van der Waals surface area (Å²) in [4.78, 5) is 12.5. The number of carbonyl (C=O) groups excluding carboxylic acids is 1. The fourth-order valence-electron chi connectivity index (χ4n) is 2.70. The molecule has 1 heterocycles. The van der Waals surface area contributed by atoms with E-state index in [9.17, 15) is 4.79 Å². The molecule has 2 aromatic rings. The number of hydrogen-bond acceptors (Lipinski definition) is 3. The summed E-state index contributed by atoms with van der Waals surface area (Å²) in [5.74, 6) is 1.76. The van der Waals surface area contributed by atoms with Gasteiger partial charge in [-0.25, -0.2) is 0 Å². The quantitative estimate of drug-likeness (QED) is 0.933. The van der Waals surface area contributed by atoms with Crippen molar-refractivity contribution in [3.63, 3.8) is 0 Å². The van der Waals surface area contributed by atoms with Crippen molar-refractivity contribution in [3.05, 3.63) is 65.2 Å². The van der Waals surface area contributed by atoms with Crippen LogP contribution < -0.4 is 10.1 Å². The number of thioether (sulfide) groups is 1. The fourth-order valence-corrected chi connectivity index (χ4v) is 3.22. The molecule has 0 saturated heterocycles. The largest absolute Gasteiger partial charge is 0.493 e. The first-order valence-corrected chi connectivity index (χ1v) is 8.78. The van der Waals surface area contributed by atoms with Crippen LogP contribution in [-0.2, 0) is 5.75 Å². The van der Waals surface area contributed by atoms with Gasteiger partial charge in [-0.3, -0.25) is 4.79 Å². The first kappa shape index (κ1) is 15.0. The van der Waals surface area contributed by atoms with Crippen molar-refractivity contribution < 1.29 is 9.53 Å². The van der Waals surface area contributed by atoms with Crippen molar-refractivity contribution in [1.82, 2.24) is 5.32 Å². The summed E-state index contributed by atoms with van der Waals surface area (Å²) in [6, 6.07) is 15.7. The van der Waals surface area contributed by atoms with Gasteiger partial charge in [0.05, 0.1) is 12.6 Å². The molecule has 0 saturated carbocycles. The minimum absolute atomic E-state index is 0.0154. The van der Waals surface area contributed by atoms with Gasteiger partial charge >= 0.3 is 0 Å².